The van der Waals surface area contributed by atoms with Crippen molar-refractivity contribution in [2.75, 3.05) is 18.4 Å². The summed E-state index contributed by atoms with van der Waals surface area (Å²) in [6, 6.07) is 19.4. The van der Waals surface area contributed by atoms with Crippen LogP contribution in [0.3, 0.4) is 0 Å². The van der Waals surface area contributed by atoms with Gasteiger partial charge < -0.3 is 5.32 Å². The molecule has 194 valence electrons. The molecule has 0 radical (unpaired) electrons. The molecular formula is C32H36ClFN2O. The molecule has 0 bridgehead atoms. The first-order valence-corrected chi connectivity index (χ1v) is 13.5. The third-order valence-electron chi connectivity index (χ3n) is 7.15. The molecule has 4 rings (SSSR count). The average Bonchev–Trinajstić information content (AvgIpc) is 2.88. The maximum atomic E-state index is 13.5. The van der Waals surface area contributed by atoms with Crippen LogP contribution in [0.4, 0.5) is 10.1 Å². The zero-order valence-corrected chi connectivity index (χ0v) is 22.7. The van der Waals surface area contributed by atoms with Crippen molar-refractivity contribution in [1.29, 1.82) is 0 Å². The molecule has 0 aliphatic carbocycles. The number of nitrogens with one attached hydrogen (secondary N) is 1. The molecular weight excluding hydrogens is 483 g/mol. The molecule has 1 aliphatic heterocycles. The fourth-order valence-electron chi connectivity index (χ4n) is 5.03. The normalized spacial score (nSPS) is 15.0. The number of allylic oxidation sites excluding steroid dienone is 1. The second-order valence-corrected chi connectivity index (χ2v) is 10.6. The van der Waals surface area contributed by atoms with Crippen LogP contribution in [0.15, 0.2) is 66.7 Å². The van der Waals surface area contributed by atoms with E-state index in [-0.39, 0.29) is 17.6 Å². The highest BCUT2D eigenvalue weighted by Gasteiger charge is 2.22. The van der Waals surface area contributed by atoms with Crippen molar-refractivity contribution >= 4 is 29.3 Å². The van der Waals surface area contributed by atoms with Crippen molar-refractivity contribution in [3.05, 3.63) is 105 Å². The lowest BCUT2D eigenvalue weighted by atomic mass is 9.88. The topological polar surface area (TPSA) is 32.3 Å². The monoisotopic (exact) mass is 518 g/mol. The van der Waals surface area contributed by atoms with E-state index in [1.54, 1.807) is 6.07 Å². The fourth-order valence-corrected chi connectivity index (χ4v) is 5.27. The summed E-state index contributed by atoms with van der Waals surface area (Å²) in [5, 5.41) is 3.49. The van der Waals surface area contributed by atoms with Crippen molar-refractivity contribution in [2.24, 2.45) is 5.92 Å². The minimum atomic E-state index is -0.313. The lowest BCUT2D eigenvalue weighted by Crippen LogP contribution is -2.32. The van der Waals surface area contributed by atoms with Gasteiger partial charge in [-0.3, -0.25) is 9.69 Å². The molecule has 0 saturated carbocycles. The summed E-state index contributed by atoms with van der Waals surface area (Å²) < 4.78 is 13.5. The van der Waals surface area contributed by atoms with Gasteiger partial charge >= 0.3 is 0 Å². The molecule has 1 amide bonds. The smallest absolute Gasteiger partial charge is 0.226 e. The third-order valence-corrected chi connectivity index (χ3v) is 7.50. The molecule has 3 nitrogen and oxygen atoms in total. The van der Waals surface area contributed by atoms with Crippen molar-refractivity contribution in [1.82, 2.24) is 4.90 Å². The van der Waals surface area contributed by atoms with Gasteiger partial charge in [-0.1, -0.05) is 74.0 Å². The predicted octanol–water partition coefficient (Wildman–Crippen LogP) is 8.08. The van der Waals surface area contributed by atoms with Crippen LogP contribution in [0.2, 0.25) is 5.02 Å². The van der Waals surface area contributed by atoms with E-state index in [0.29, 0.717) is 17.4 Å². The molecule has 3 aromatic rings. The van der Waals surface area contributed by atoms with Gasteiger partial charge in [-0.25, -0.2) is 4.39 Å². The number of carbonyl (C=O) groups is 1. The van der Waals surface area contributed by atoms with Crippen molar-refractivity contribution < 1.29 is 9.18 Å². The van der Waals surface area contributed by atoms with E-state index in [4.69, 9.17) is 11.6 Å². The van der Waals surface area contributed by atoms with E-state index in [0.717, 1.165) is 43.7 Å². The average molecular weight is 519 g/mol. The van der Waals surface area contributed by atoms with Crippen LogP contribution >= 0.6 is 11.6 Å². The zero-order chi connectivity index (χ0) is 26.4. The molecule has 0 unspecified atom stereocenters. The number of anilines is 1. The Balaban J connectivity index is 1.43. The summed E-state index contributed by atoms with van der Waals surface area (Å²) in [6.07, 6.45) is 7.09. The molecule has 1 fully saturated rings. The Morgan fingerprint density at radius 2 is 1.78 bits per heavy atom. The van der Waals surface area contributed by atoms with Crippen molar-refractivity contribution in [3.8, 4) is 0 Å². The molecule has 0 spiro atoms. The second-order valence-electron chi connectivity index (χ2n) is 10.2. The van der Waals surface area contributed by atoms with Crippen LogP contribution in [-0.2, 0) is 17.8 Å². The van der Waals surface area contributed by atoms with Gasteiger partial charge in [-0.15, -0.1) is 0 Å². The van der Waals surface area contributed by atoms with E-state index in [9.17, 15) is 9.18 Å². The standard InChI is InChI=1S/C32H36ClFN2O/c1-4-7-30-25(18-26-12-13-28(34)20-31(26)33)9-5-10-27(30)21-36-16-14-23(15-17-36)24-8-6-11-29(19-24)35-32(37)22(2)3/h4-13,19-20,22-23H,14-18,21H2,1-3H3,(H,35,37)/b7-4-. The number of hydrogen-bond donors (Lipinski definition) is 1. The van der Waals surface area contributed by atoms with Gasteiger partial charge in [0.25, 0.3) is 0 Å². The second kappa shape index (κ2) is 12.5. The number of amides is 1. The Morgan fingerprint density at radius 1 is 1.05 bits per heavy atom. The Morgan fingerprint density at radius 3 is 2.49 bits per heavy atom. The molecule has 1 N–H and O–H groups in total. The van der Waals surface area contributed by atoms with Crippen LogP contribution in [0, 0.1) is 11.7 Å². The number of benzene rings is 3. The van der Waals surface area contributed by atoms with E-state index in [2.05, 4.69) is 52.7 Å². The largest absolute Gasteiger partial charge is 0.326 e. The van der Waals surface area contributed by atoms with E-state index in [1.165, 1.54) is 34.4 Å². The molecule has 5 heteroatoms. The Bertz CT molecular complexity index is 1260. The number of piperidine rings is 1. The van der Waals surface area contributed by atoms with E-state index in [1.807, 2.05) is 32.9 Å². The van der Waals surface area contributed by atoms with Crippen molar-refractivity contribution in [3.63, 3.8) is 0 Å². The maximum absolute atomic E-state index is 13.5. The summed E-state index contributed by atoms with van der Waals surface area (Å²) in [5.41, 5.74) is 6.83. The highest BCUT2D eigenvalue weighted by molar-refractivity contribution is 6.31. The van der Waals surface area contributed by atoms with Crippen LogP contribution in [0.5, 0.6) is 0 Å². The Kier molecular flexibility index (Phi) is 9.18. The lowest BCUT2D eigenvalue weighted by Gasteiger charge is -2.33. The van der Waals surface area contributed by atoms with Gasteiger partial charge in [0, 0.05) is 23.2 Å². The van der Waals surface area contributed by atoms with Crippen LogP contribution in [0.1, 0.15) is 67.3 Å². The molecule has 0 atom stereocenters. The van der Waals surface area contributed by atoms with Gasteiger partial charge in [0.05, 0.1) is 0 Å². The first kappa shape index (κ1) is 27.1. The summed E-state index contributed by atoms with van der Waals surface area (Å²) in [6.45, 7) is 8.79. The number of halogens is 2. The predicted molar refractivity (Wildman–Crippen MR) is 153 cm³/mol. The fraction of sp³-hybridized carbons (Fsp3) is 0.344. The highest BCUT2D eigenvalue weighted by atomic mass is 35.5. The number of nitrogens with zero attached hydrogens (tertiary/aromatic N) is 1. The Labute approximate surface area is 225 Å². The number of hydrogen-bond acceptors (Lipinski definition) is 2. The van der Waals surface area contributed by atoms with Crippen LogP contribution < -0.4 is 5.32 Å². The van der Waals surface area contributed by atoms with Gasteiger partial charge in [0.2, 0.25) is 5.91 Å². The number of rotatable bonds is 8. The van der Waals surface area contributed by atoms with Gasteiger partial charge in [-0.05, 0) is 97.3 Å². The quantitative estimate of drug-likeness (QED) is 0.327. The van der Waals surface area contributed by atoms with Gasteiger partial charge in [0.1, 0.15) is 5.82 Å². The first-order valence-electron chi connectivity index (χ1n) is 13.1. The highest BCUT2D eigenvalue weighted by Crippen LogP contribution is 2.31. The lowest BCUT2D eigenvalue weighted by molar-refractivity contribution is -0.118. The minimum Gasteiger partial charge on any atom is -0.326 e. The molecule has 1 heterocycles. The third kappa shape index (κ3) is 7.09. The van der Waals surface area contributed by atoms with Gasteiger partial charge in [-0.2, -0.15) is 0 Å². The summed E-state index contributed by atoms with van der Waals surface area (Å²) in [4.78, 5) is 14.6. The first-order chi connectivity index (χ1) is 17.8. The maximum Gasteiger partial charge on any atom is 0.226 e. The van der Waals surface area contributed by atoms with E-state index >= 15 is 0 Å². The van der Waals surface area contributed by atoms with Crippen molar-refractivity contribution in [2.45, 2.75) is 52.5 Å². The van der Waals surface area contributed by atoms with Crippen LogP contribution in [0.25, 0.3) is 6.08 Å². The Hall–Kier alpha value is -2.95. The zero-order valence-electron chi connectivity index (χ0n) is 21.9. The minimum absolute atomic E-state index is 0.0366. The number of carbonyl (C=O) groups excluding carboxylic acids is 1. The molecule has 37 heavy (non-hydrogen) atoms. The molecule has 1 saturated heterocycles. The molecule has 1 aliphatic rings. The van der Waals surface area contributed by atoms with Crippen LogP contribution in [-0.4, -0.2) is 23.9 Å². The van der Waals surface area contributed by atoms with E-state index < -0.39 is 0 Å². The molecule has 3 aromatic carbocycles. The number of likely N-dealkylation sites (tertiary alicyclic amines) is 1. The SMILES string of the molecule is C/C=C\c1c(Cc2ccc(F)cc2Cl)cccc1CN1CCC(c2cccc(NC(=O)C(C)C)c2)CC1. The summed E-state index contributed by atoms with van der Waals surface area (Å²) in [5.74, 6) is 0.194. The molecule has 0 aromatic heterocycles. The summed E-state index contributed by atoms with van der Waals surface area (Å²) in [7, 11) is 0. The van der Waals surface area contributed by atoms with Gasteiger partial charge in [0.15, 0.2) is 0 Å². The summed E-state index contributed by atoms with van der Waals surface area (Å²) >= 11 is 6.33.